The standard InChI is InChI=1S/C32H36N2O8/c1-32(2,3)42-31(39)34-25(18-21-11-7-5-8-12-21)28(36)33-26(30(38)41-20-22-13-9-6-10-14-22)19-23-15-16-27(35)24(17-23)29(37)40-4/h5-17,25-26,35H,18-20H2,1-4H3,(H,33,36)(H,34,39)/t25-,26-/m0/s1. The van der Waals surface area contributed by atoms with Gasteiger partial charge in [-0.15, -0.1) is 0 Å². The summed E-state index contributed by atoms with van der Waals surface area (Å²) in [6, 6.07) is 20.0. The lowest BCUT2D eigenvalue weighted by molar-refractivity contribution is -0.149. The van der Waals surface area contributed by atoms with Crippen LogP contribution in [0.1, 0.15) is 47.8 Å². The van der Waals surface area contributed by atoms with Gasteiger partial charge in [0, 0.05) is 12.8 Å². The molecule has 0 bridgehead atoms. The summed E-state index contributed by atoms with van der Waals surface area (Å²) < 4.78 is 15.6. The predicted molar refractivity (Wildman–Crippen MR) is 155 cm³/mol. The number of aromatic hydroxyl groups is 1. The number of carbonyl (C=O) groups excluding carboxylic acids is 4. The number of alkyl carbamates (subject to hydrolysis) is 1. The maximum atomic E-state index is 13.6. The van der Waals surface area contributed by atoms with Gasteiger partial charge in [0.1, 0.15) is 35.6 Å². The fraction of sp³-hybridized carbons (Fsp3) is 0.312. The summed E-state index contributed by atoms with van der Waals surface area (Å²) >= 11 is 0. The molecule has 0 aromatic heterocycles. The van der Waals surface area contributed by atoms with Crippen LogP contribution in [0.25, 0.3) is 0 Å². The minimum absolute atomic E-state index is 0.0291. The van der Waals surface area contributed by atoms with E-state index in [2.05, 4.69) is 10.6 Å². The molecule has 3 rings (SSSR count). The molecule has 0 fully saturated rings. The van der Waals surface area contributed by atoms with Crippen LogP contribution < -0.4 is 10.6 Å². The predicted octanol–water partition coefficient (Wildman–Crippen LogP) is 4.09. The van der Waals surface area contributed by atoms with Crippen molar-refractivity contribution in [2.45, 2.75) is 57.9 Å². The molecule has 2 atom stereocenters. The van der Waals surface area contributed by atoms with Crippen molar-refractivity contribution in [1.29, 1.82) is 0 Å². The Bertz CT molecular complexity index is 1370. The van der Waals surface area contributed by atoms with Crippen LogP contribution in [0.2, 0.25) is 0 Å². The second-order valence-corrected chi connectivity index (χ2v) is 10.6. The van der Waals surface area contributed by atoms with Crippen molar-refractivity contribution < 1.29 is 38.5 Å². The summed E-state index contributed by atoms with van der Waals surface area (Å²) in [6.45, 7) is 5.09. The number of phenols is 1. The van der Waals surface area contributed by atoms with Gasteiger partial charge in [0.05, 0.1) is 7.11 Å². The number of hydrogen-bond acceptors (Lipinski definition) is 8. The highest BCUT2D eigenvalue weighted by atomic mass is 16.6. The molecule has 10 nitrogen and oxygen atoms in total. The molecule has 0 radical (unpaired) electrons. The molecular formula is C32H36N2O8. The molecule has 0 spiro atoms. The van der Waals surface area contributed by atoms with E-state index in [-0.39, 0.29) is 30.8 Å². The molecule has 2 amide bonds. The number of carbonyl (C=O) groups is 4. The third-order valence-electron chi connectivity index (χ3n) is 6.02. The lowest BCUT2D eigenvalue weighted by Crippen LogP contribution is -2.54. The highest BCUT2D eigenvalue weighted by Crippen LogP contribution is 2.21. The summed E-state index contributed by atoms with van der Waals surface area (Å²) in [5, 5.41) is 15.4. The molecule has 0 saturated carbocycles. The van der Waals surface area contributed by atoms with Gasteiger partial charge in [0.25, 0.3) is 0 Å². The molecule has 3 aromatic rings. The number of nitrogens with one attached hydrogen (secondary N) is 2. The van der Waals surface area contributed by atoms with Gasteiger partial charge in [0.2, 0.25) is 5.91 Å². The van der Waals surface area contributed by atoms with E-state index < -0.39 is 41.6 Å². The van der Waals surface area contributed by atoms with Gasteiger partial charge >= 0.3 is 18.0 Å². The molecular weight excluding hydrogens is 540 g/mol. The minimum atomic E-state index is -1.20. The summed E-state index contributed by atoms with van der Waals surface area (Å²) in [4.78, 5) is 51.6. The van der Waals surface area contributed by atoms with Crippen molar-refractivity contribution in [1.82, 2.24) is 10.6 Å². The zero-order valence-corrected chi connectivity index (χ0v) is 24.1. The fourth-order valence-corrected chi connectivity index (χ4v) is 4.02. The Balaban J connectivity index is 1.87. The van der Waals surface area contributed by atoms with Crippen LogP contribution in [0.5, 0.6) is 5.75 Å². The molecule has 3 aromatic carbocycles. The highest BCUT2D eigenvalue weighted by Gasteiger charge is 2.30. The van der Waals surface area contributed by atoms with Gasteiger partial charge in [0.15, 0.2) is 0 Å². The third-order valence-corrected chi connectivity index (χ3v) is 6.02. The van der Waals surface area contributed by atoms with Gasteiger partial charge in [-0.1, -0.05) is 66.7 Å². The van der Waals surface area contributed by atoms with Crippen LogP contribution in [0, 0.1) is 0 Å². The average Bonchev–Trinajstić information content (AvgIpc) is 2.95. The maximum absolute atomic E-state index is 13.6. The first-order chi connectivity index (χ1) is 19.9. The van der Waals surface area contributed by atoms with E-state index in [1.54, 1.807) is 32.9 Å². The lowest BCUT2D eigenvalue weighted by Gasteiger charge is -2.25. The van der Waals surface area contributed by atoms with E-state index >= 15 is 0 Å². The normalized spacial score (nSPS) is 12.4. The Hall–Kier alpha value is -4.86. The Labute approximate surface area is 245 Å². The molecule has 0 unspecified atom stereocenters. The number of methoxy groups -OCH3 is 1. The Kier molecular flexibility index (Phi) is 11.1. The second-order valence-electron chi connectivity index (χ2n) is 10.6. The summed E-state index contributed by atoms with van der Waals surface area (Å²) in [5.74, 6) is -2.41. The molecule has 0 saturated heterocycles. The smallest absolute Gasteiger partial charge is 0.408 e. The van der Waals surface area contributed by atoms with Crippen LogP contribution in [-0.4, -0.2) is 53.8 Å². The van der Waals surface area contributed by atoms with Gasteiger partial charge in [-0.3, -0.25) is 4.79 Å². The number of amides is 2. The zero-order chi connectivity index (χ0) is 30.7. The number of benzene rings is 3. The van der Waals surface area contributed by atoms with E-state index in [9.17, 15) is 24.3 Å². The number of ether oxygens (including phenoxy) is 3. The molecule has 3 N–H and O–H groups in total. The van der Waals surface area contributed by atoms with E-state index in [0.717, 1.165) is 11.1 Å². The number of phenolic OH excluding ortho intramolecular Hbond substituents is 1. The van der Waals surface area contributed by atoms with Crippen LogP contribution in [-0.2, 0) is 43.2 Å². The van der Waals surface area contributed by atoms with Crippen LogP contribution in [0.15, 0.2) is 78.9 Å². The van der Waals surface area contributed by atoms with Gasteiger partial charge in [-0.25, -0.2) is 14.4 Å². The molecule has 0 heterocycles. The zero-order valence-electron chi connectivity index (χ0n) is 24.1. The van der Waals surface area contributed by atoms with Crippen LogP contribution in [0.4, 0.5) is 4.79 Å². The maximum Gasteiger partial charge on any atom is 0.408 e. The van der Waals surface area contributed by atoms with E-state index in [4.69, 9.17) is 14.2 Å². The van der Waals surface area contributed by atoms with Gasteiger partial charge in [-0.2, -0.15) is 0 Å². The van der Waals surface area contributed by atoms with E-state index in [1.165, 1.54) is 25.3 Å². The number of hydrogen-bond donors (Lipinski definition) is 3. The first-order valence-corrected chi connectivity index (χ1v) is 13.4. The van der Waals surface area contributed by atoms with Crippen molar-refractivity contribution in [2.24, 2.45) is 0 Å². The van der Waals surface area contributed by atoms with Crippen molar-refractivity contribution in [3.8, 4) is 5.75 Å². The van der Waals surface area contributed by atoms with Crippen molar-refractivity contribution in [3.05, 3.63) is 101 Å². The SMILES string of the molecule is COC(=O)c1cc(C[C@H](NC(=O)[C@H](Cc2ccccc2)NC(=O)OC(C)(C)C)C(=O)OCc2ccccc2)ccc1O. The third kappa shape index (κ3) is 9.96. The van der Waals surface area contributed by atoms with Gasteiger partial charge in [-0.05, 0) is 49.6 Å². The van der Waals surface area contributed by atoms with Crippen molar-refractivity contribution in [3.63, 3.8) is 0 Å². The Morgan fingerprint density at radius 2 is 1.38 bits per heavy atom. The van der Waals surface area contributed by atoms with Gasteiger partial charge < -0.3 is 30.0 Å². The number of esters is 2. The molecule has 222 valence electrons. The topological polar surface area (TPSA) is 140 Å². The molecule has 0 aliphatic rings. The second kappa shape index (κ2) is 14.7. The van der Waals surface area contributed by atoms with Crippen molar-refractivity contribution in [2.75, 3.05) is 7.11 Å². The molecule has 0 aliphatic carbocycles. The summed E-state index contributed by atoms with van der Waals surface area (Å²) in [6.07, 6.45) is -0.736. The Morgan fingerprint density at radius 1 is 0.786 bits per heavy atom. The van der Waals surface area contributed by atoms with Crippen LogP contribution >= 0.6 is 0 Å². The fourth-order valence-electron chi connectivity index (χ4n) is 4.02. The molecule has 0 aliphatic heterocycles. The van der Waals surface area contributed by atoms with Crippen LogP contribution in [0.3, 0.4) is 0 Å². The van der Waals surface area contributed by atoms with E-state index in [0.29, 0.717) is 5.56 Å². The summed E-state index contributed by atoms with van der Waals surface area (Å²) in [7, 11) is 1.18. The highest BCUT2D eigenvalue weighted by molar-refractivity contribution is 5.93. The molecule has 42 heavy (non-hydrogen) atoms. The average molecular weight is 577 g/mol. The Morgan fingerprint density at radius 3 is 1.98 bits per heavy atom. The first kappa shape index (κ1) is 31.7. The van der Waals surface area contributed by atoms with Crippen molar-refractivity contribution >= 4 is 23.9 Å². The van der Waals surface area contributed by atoms with E-state index in [1.807, 2.05) is 48.5 Å². The minimum Gasteiger partial charge on any atom is -0.507 e. The number of rotatable bonds is 11. The lowest BCUT2D eigenvalue weighted by atomic mass is 10.0. The molecule has 10 heteroatoms. The quantitative estimate of drug-likeness (QED) is 0.229. The summed E-state index contributed by atoms with van der Waals surface area (Å²) in [5.41, 5.74) is 1.10. The first-order valence-electron chi connectivity index (χ1n) is 13.4. The largest absolute Gasteiger partial charge is 0.507 e. The monoisotopic (exact) mass is 576 g/mol.